The van der Waals surface area contributed by atoms with Crippen molar-refractivity contribution in [2.45, 2.75) is 77.6 Å². The molecule has 3 rings (SSSR count). The monoisotopic (exact) mass is 391 g/mol. The van der Waals surface area contributed by atoms with Gasteiger partial charge >= 0.3 is 0 Å². The SMILES string of the molecule is CCC1CCC(CCC2CCC(/C=C/C#Cc3ccc(C#N)c(F)c3)CC2)CC1. The van der Waals surface area contributed by atoms with Gasteiger partial charge in [-0.25, -0.2) is 4.39 Å². The molecule has 0 heterocycles. The van der Waals surface area contributed by atoms with Crippen LogP contribution in [0.1, 0.15) is 88.7 Å². The molecule has 1 aromatic rings. The van der Waals surface area contributed by atoms with E-state index < -0.39 is 5.82 Å². The highest BCUT2D eigenvalue weighted by molar-refractivity contribution is 5.42. The maximum atomic E-state index is 13.6. The Bertz CT molecular complexity index is 775. The number of nitrogens with zero attached hydrogens (tertiary/aromatic N) is 1. The van der Waals surface area contributed by atoms with Gasteiger partial charge in [0.05, 0.1) is 5.56 Å². The van der Waals surface area contributed by atoms with E-state index in [9.17, 15) is 4.39 Å². The summed E-state index contributed by atoms with van der Waals surface area (Å²) in [5.74, 6) is 9.05. The summed E-state index contributed by atoms with van der Waals surface area (Å²) in [7, 11) is 0. The molecule has 0 aromatic heterocycles. The molecule has 2 heteroatoms. The summed E-state index contributed by atoms with van der Waals surface area (Å²) < 4.78 is 13.6. The first-order valence-corrected chi connectivity index (χ1v) is 11.6. The number of benzene rings is 1. The van der Waals surface area contributed by atoms with Crippen molar-refractivity contribution < 1.29 is 4.39 Å². The van der Waals surface area contributed by atoms with Gasteiger partial charge in [0.2, 0.25) is 0 Å². The molecule has 1 aromatic carbocycles. The third kappa shape index (κ3) is 6.75. The van der Waals surface area contributed by atoms with Gasteiger partial charge < -0.3 is 0 Å². The molecule has 0 atom stereocenters. The maximum Gasteiger partial charge on any atom is 0.142 e. The van der Waals surface area contributed by atoms with E-state index in [1.54, 1.807) is 6.07 Å². The molecule has 154 valence electrons. The van der Waals surface area contributed by atoms with Crippen molar-refractivity contribution in [1.29, 1.82) is 5.26 Å². The summed E-state index contributed by atoms with van der Waals surface area (Å²) in [5.41, 5.74) is 0.680. The fraction of sp³-hybridized carbons (Fsp3) is 0.593. The lowest BCUT2D eigenvalue weighted by atomic mass is 9.75. The van der Waals surface area contributed by atoms with Gasteiger partial charge in [-0.3, -0.25) is 0 Å². The lowest BCUT2D eigenvalue weighted by molar-refractivity contribution is 0.224. The van der Waals surface area contributed by atoms with Crippen LogP contribution >= 0.6 is 0 Å². The van der Waals surface area contributed by atoms with Crippen molar-refractivity contribution in [1.82, 2.24) is 0 Å². The molecule has 0 radical (unpaired) electrons. The molecular formula is C27H34FN. The minimum absolute atomic E-state index is 0.0662. The normalized spacial score (nSPS) is 27.2. The van der Waals surface area contributed by atoms with E-state index in [4.69, 9.17) is 5.26 Å². The van der Waals surface area contributed by atoms with Crippen molar-refractivity contribution in [3.05, 3.63) is 47.3 Å². The zero-order chi connectivity index (χ0) is 20.5. The topological polar surface area (TPSA) is 23.8 Å². The summed E-state index contributed by atoms with van der Waals surface area (Å²) in [6, 6.07) is 6.35. The lowest BCUT2D eigenvalue weighted by Crippen LogP contribution is -2.17. The van der Waals surface area contributed by atoms with Crippen molar-refractivity contribution in [2.75, 3.05) is 0 Å². The molecule has 0 amide bonds. The number of nitriles is 1. The van der Waals surface area contributed by atoms with Crippen LogP contribution in [0.2, 0.25) is 0 Å². The summed E-state index contributed by atoms with van der Waals surface area (Å²) in [6.45, 7) is 2.34. The minimum atomic E-state index is -0.500. The summed E-state index contributed by atoms with van der Waals surface area (Å²) >= 11 is 0. The summed E-state index contributed by atoms with van der Waals surface area (Å²) in [5, 5.41) is 8.77. The maximum absolute atomic E-state index is 13.6. The van der Waals surface area contributed by atoms with Gasteiger partial charge in [0.1, 0.15) is 11.9 Å². The molecule has 29 heavy (non-hydrogen) atoms. The number of hydrogen-bond donors (Lipinski definition) is 0. The Morgan fingerprint density at radius 1 is 0.966 bits per heavy atom. The Morgan fingerprint density at radius 3 is 2.17 bits per heavy atom. The van der Waals surface area contributed by atoms with Crippen molar-refractivity contribution >= 4 is 0 Å². The molecule has 2 aliphatic carbocycles. The van der Waals surface area contributed by atoms with Crippen molar-refractivity contribution in [2.24, 2.45) is 23.7 Å². The fourth-order valence-electron chi connectivity index (χ4n) is 5.06. The smallest absolute Gasteiger partial charge is 0.142 e. The van der Waals surface area contributed by atoms with Crippen LogP contribution < -0.4 is 0 Å². The Morgan fingerprint density at radius 2 is 1.59 bits per heavy atom. The van der Waals surface area contributed by atoms with Crippen molar-refractivity contribution in [3.8, 4) is 17.9 Å². The lowest BCUT2D eigenvalue weighted by Gasteiger charge is -2.31. The standard InChI is InChI=1S/C27H34FN/c1-2-21-7-9-23(10-8-21)15-16-24-13-11-22(12-14-24)5-3-4-6-25-17-18-26(20-29)27(28)19-25/h3,5,17-19,21-24H,2,7-16H2,1H3/b5-3+. The number of hydrogen-bond acceptors (Lipinski definition) is 1. The molecule has 2 aliphatic rings. The van der Waals surface area contributed by atoms with Crippen LogP contribution in [0.15, 0.2) is 30.4 Å². The van der Waals surface area contributed by atoms with Gasteiger partial charge in [-0.1, -0.05) is 69.8 Å². The van der Waals surface area contributed by atoms with E-state index >= 15 is 0 Å². The first-order chi connectivity index (χ1) is 14.2. The quantitative estimate of drug-likeness (QED) is 0.479. The zero-order valence-electron chi connectivity index (χ0n) is 17.8. The average molecular weight is 392 g/mol. The van der Waals surface area contributed by atoms with E-state index in [-0.39, 0.29) is 5.56 Å². The first kappa shape index (κ1) is 21.6. The number of rotatable bonds is 5. The van der Waals surface area contributed by atoms with Gasteiger partial charge in [-0.2, -0.15) is 5.26 Å². The largest absolute Gasteiger partial charge is 0.206 e. The zero-order valence-corrected chi connectivity index (χ0v) is 17.8. The average Bonchev–Trinajstić information content (AvgIpc) is 2.76. The highest BCUT2D eigenvalue weighted by Gasteiger charge is 2.23. The van der Waals surface area contributed by atoms with Gasteiger partial charge in [0.25, 0.3) is 0 Å². The summed E-state index contributed by atoms with van der Waals surface area (Å²) in [6.07, 6.45) is 19.5. The molecule has 0 spiro atoms. The molecule has 0 N–H and O–H groups in total. The van der Waals surface area contributed by atoms with Crippen LogP contribution in [0.5, 0.6) is 0 Å². The van der Waals surface area contributed by atoms with E-state index in [1.165, 1.54) is 82.8 Å². The fourth-order valence-corrected chi connectivity index (χ4v) is 5.06. The van der Waals surface area contributed by atoms with Crippen LogP contribution in [0.3, 0.4) is 0 Å². The second-order valence-electron chi connectivity index (χ2n) is 9.09. The van der Waals surface area contributed by atoms with Crippen LogP contribution in [0, 0.1) is 52.7 Å². The Labute approximate surface area is 176 Å². The molecular weight excluding hydrogens is 357 g/mol. The second-order valence-corrected chi connectivity index (χ2v) is 9.09. The Kier molecular flexibility index (Phi) is 8.37. The van der Waals surface area contributed by atoms with E-state index in [0.717, 1.165) is 17.8 Å². The van der Waals surface area contributed by atoms with Crippen LogP contribution in [0.25, 0.3) is 0 Å². The second kappa shape index (κ2) is 11.2. The molecule has 2 saturated carbocycles. The third-order valence-corrected chi connectivity index (χ3v) is 7.18. The van der Waals surface area contributed by atoms with Crippen LogP contribution in [-0.2, 0) is 0 Å². The van der Waals surface area contributed by atoms with Crippen LogP contribution in [-0.4, -0.2) is 0 Å². The molecule has 0 unspecified atom stereocenters. The molecule has 0 aliphatic heterocycles. The highest BCUT2D eigenvalue weighted by Crippen LogP contribution is 2.37. The predicted octanol–water partition coefficient (Wildman–Crippen LogP) is 7.41. The molecule has 0 bridgehead atoms. The van der Waals surface area contributed by atoms with E-state index in [0.29, 0.717) is 11.5 Å². The Balaban J connectivity index is 1.36. The van der Waals surface area contributed by atoms with Gasteiger partial charge in [0.15, 0.2) is 0 Å². The predicted molar refractivity (Wildman–Crippen MR) is 118 cm³/mol. The van der Waals surface area contributed by atoms with E-state index in [2.05, 4.69) is 24.8 Å². The van der Waals surface area contributed by atoms with Gasteiger partial charge in [0, 0.05) is 5.56 Å². The third-order valence-electron chi connectivity index (χ3n) is 7.18. The molecule has 0 saturated heterocycles. The summed E-state index contributed by atoms with van der Waals surface area (Å²) in [4.78, 5) is 0. The van der Waals surface area contributed by atoms with Crippen LogP contribution in [0.4, 0.5) is 4.39 Å². The molecule has 1 nitrogen and oxygen atoms in total. The van der Waals surface area contributed by atoms with Gasteiger partial charge in [-0.05, 0) is 73.6 Å². The highest BCUT2D eigenvalue weighted by atomic mass is 19.1. The van der Waals surface area contributed by atoms with Crippen molar-refractivity contribution in [3.63, 3.8) is 0 Å². The minimum Gasteiger partial charge on any atom is -0.206 e. The number of halogens is 1. The molecule has 2 fully saturated rings. The Hall–Kier alpha value is -2.06. The van der Waals surface area contributed by atoms with E-state index in [1.807, 2.05) is 12.1 Å². The van der Waals surface area contributed by atoms with Gasteiger partial charge in [-0.15, -0.1) is 0 Å². The first-order valence-electron chi connectivity index (χ1n) is 11.6. The number of allylic oxidation sites excluding steroid dienone is 2.